The number of nitrogens with one attached hydrogen (secondary N) is 10. The number of thioether (sulfide) groups is 1. The number of para-hydroxylation sites is 1. The Hall–Kier alpha value is -14.0. The zero-order chi connectivity index (χ0) is 101. The van der Waals surface area contributed by atoms with Crippen molar-refractivity contribution in [1.29, 1.82) is 0 Å². The molecule has 746 valence electrons. The molecular formula is C97H119F3N16O22S. The minimum Gasteiger partial charge on any atom is -0.508 e. The number of hydrogen-bond acceptors (Lipinski definition) is 23. The van der Waals surface area contributed by atoms with Crippen molar-refractivity contribution in [2.45, 2.75) is 176 Å². The average Bonchev–Trinajstić information content (AvgIpc) is 1.74. The second kappa shape index (κ2) is 51.4. The van der Waals surface area contributed by atoms with E-state index in [9.17, 15) is 33.8 Å². The van der Waals surface area contributed by atoms with Crippen molar-refractivity contribution < 1.29 is 119 Å². The molecule has 3 fully saturated rings. The van der Waals surface area contributed by atoms with Gasteiger partial charge in [-0.3, -0.25) is 76.7 Å². The van der Waals surface area contributed by atoms with Crippen LogP contribution in [0.2, 0.25) is 0 Å². The summed E-state index contributed by atoms with van der Waals surface area (Å²) in [6, 6.07) is 15.1. The smallest absolute Gasteiger partial charge is 0.293 e. The largest absolute Gasteiger partial charge is 0.508 e. The Labute approximate surface area is 804 Å². The second-order valence-electron chi connectivity index (χ2n) is 34.6. The predicted octanol–water partition coefficient (Wildman–Crippen LogP) is 1.01. The first-order chi connectivity index (χ1) is 66.5. The van der Waals surface area contributed by atoms with Crippen LogP contribution in [0.5, 0.6) is 11.5 Å². The van der Waals surface area contributed by atoms with Gasteiger partial charge in [-0.2, -0.15) is 0 Å². The molecule has 0 saturated carbocycles. The van der Waals surface area contributed by atoms with Crippen LogP contribution in [0, 0.1) is 23.4 Å². The lowest BCUT2D eigenvalue weighted by Crippen LogP contribution is -2.64. The van der Waals surface area contributed by atoms with Gasteiger partial charge in [0.15, 0.2) is 17.5 Å². The van der Waals surface area contributed by atoms with Gasteiger partial charge >= 0.3 is 0 Å². The van der Waals surface area contributed by atoms with Gasteiger partial charge in [0.05, 0.1) is 38.7 Å². The third-order valence-corrected chi connectivity index (χ3v) is 25.4. The SMILES string of the molecule is CCCC[C@H]1C(=O)N2C[C@H](O)C[C@@H]2C(=O)N[C@@H](COC=O)C(=O)N[C@@H](C(C)C)C(=O)N(C)[C@@H](Cc2ccccc2)C(=O)N[C@@H](Cc2ccc(O)cc2)C(=O)N2CCOC[C@@H]2C(=O)N[C@@H](Cc2c[nH]c3ccccc23)C(=O)N[C@@H](Cc2ccc(OC)cc2)C(=O)N[C@@H](CCOC)C(=O)N[C@H](C(=O)NCC(N)=O)CSCC(=O)N[C@@H](Cc2cc(F)c(F)c(F)c2)C(=O)N(C)[C@@H](Cc2ccccc2)C(=O)N1C. The first-order valence-corrected chi connectivity index (χ1v) is 46.6. The lowest BCUT2D eigenvalue weighted by molar-refractivity contribution is -0.152. The zero-order valence-electron chi connectivity index (χ0n) is 78.2. The minimum atomic E-state index is -1.90. The van der Waals surface area contributed by atoms with Crippen molar-refractivity contribution in [3.05, 3.63) is 203 Å². The molecule has 42 heteroatoms. The number of hydrogen-bond donors (Lipinski definition) is 13. The van der Waals surface area contributed by atoms with Crippen LogP contribution in [0.4, 0.5) is 13.2 Å². The molecule has 10 rings (SSSR count). The van der Waals surface area contributed by atoms with Gasteiger partial charge in [0.25, 0.3) is 6.47 Å². The van der Waals surface area contributed by atoms with Crippen LogP contribution in [0.25, 0.3) is 10.9 Å². The van der Waals surface area contributed by atoms with E-state index < -0.39 is 247 Å². The number of ether oxygens (including phenoxy) is 4. The van der Waals surface area contributed by atoms with Gasteiger partial charge in [-0.25, -0.2) is 13.2 Å². The number of unbranched alkanes of at least 4 members (excludes halogenated alkanes) is 1. The monoisotopic (exact) mass is 1950 g/mol. The lowest BCUT2D eigenvalue weighted by atomic mass is 9.98. The number of aromatic hydroxyl groups is 1. The Kier molecular flexibility index (Phi) is 39.6. The number of amides is 15. The highest BCUT2D eigenvalue weighted by Gasteiger charge is 2.48. The summed E-state index contributed by atoms with van der Waals surface area (Å²) in [6.45, 7) is 1.46. The number of morpholine rings is 1. The highest BCUT2D eigenvalue weighted by Crippen LogP contribution is 2.29. The van der Waals surface area contributed by atoms with Crippen molar-refractivity contribution >= 4 is 118 Å². The van der Waals surface area contributed by atoms with E-state index >= 15 is 66.3 Å². The molecule has 0 radical (unpaired) electrons. The number of aliphatic hydroxyl groups excluding tert-OH is 1. The van der Waals surface area contributed by atoms with Gasteiger partial charge in [-0.15, -0.1) is 11.8 Å². The fourth-order valence-corrected chi connectivity index (χ4v) is 17.5. The van der Waals surface area contributed by atoms with E-state index in [1.807, 2.05) is 0 Å². The highest BCUT2D eigenvalue weighted by atomic mass is 32.2. The van der Waals surface area contributed by atoms with E-state index in [4.69, 9.17) is 24.7 Å². The van der Waals surface area contributed by atoms with Crippen LogP contribution in [0.3, 0.4) is 0 Å². The number of phenolic OH excluding ortho intramolecular Hbond substituents is 1. The Bertz CT molecular complexity index is 5480. The van der Waals surface area contributed by atoms with E-state index in [1.165, 1.54) is 59.6 Å². The number of aliphatic hydroxyl groups is 1. The summed E-state index contributed by atoms with van der Waals surface area (Å²) in [5, 5.41) is 46.3. The third-order valence-electron chi connectivity index (χ3n) is 24.4. The predicted molar refractivity (Wildman–Crippen MR) is 501 cm³/mol. The molecule has 139 heavy (non-hydrogen) atoms. The van der Waals surface area contributed by atoms with Crippen molar-refractivity contribution in [2.24, 2.45) is 11.7 Å². The quantitative estimate of drug-likeness (QED) is 0.0266. The molecule has 3 aliphatic rings. The van der Waals surface area contributed by atoms with Crippen molar-refractivity contribution in [1.82, 2.24) is 77.3 Å². The summed E-state index contributed by atoms with van der Waals surface area (Å²) in [4.78, 5) is 247. The second-order valence-corrected chi connectivity index (χ2v) is 35.7. The summed E-state index contributed by atoms with van der Waals surface area (Å²) in [7, 11) is 6.41. The number of halogens is 3. The number of methoxy groups -OCH3 is 2. The van der Waals surface area contributed by atoms with Crippen LogP contribution < -0.4 is 58.3 Å². The fraction of sp³-hybridized carbons (Fsp3) is 0.443. The molecule has 0 unspecified atom stereocenters. The number of aromatic nitrogens is 1. The molecule has 0 spiro atoms. The van der Waals surface area contributed by atoms with Crippen molar-refractivity contribution in [3.8, 4) is 11.5 Å². The maximum atomic E-state index is 15.9. The van der Waals surface area contributed by atoms with E-state index in [2.05, 4.69) is 52.8 Å². The number of H-pyrrole nitrogens is 1. The number of primary amides is 1. The minimum absolute atomic E-state index is 0.0220. The molecular weight excluding hydrogens is 1830 g/mol. The van der Waals surface area contributed by atoms with E-state index in [0.29, 0.717) is 74.8 Å². The van der Waals surface area contributed by atoms with Crippen molar-refractivity contribution in [3.63, 3.8) is 0 Å². The molecule has 14 atom stereocenters. The Balaban J connectivity index is 1.07. The van der Waals surface area contributed by atoms with Crippen LogP contribution in [-0.4, -0.2) is 312 Å². The fourth-order valence-electron chi connectivity index (χ4n) is 16.7. The molecule has 15 amide bonds. The maximum Gasteiger partial charge on any atom is 0.293 e. The van der Waals surface area contributed by atoms with Crippen LogP contribution >= 0.6 is 11.8 Å². The molecule has 6 aromatic carbocycles. The van der Waals surface area contributed by atoms with Gasteiger partial charge < -0.3 is 112 Å². The van der Waals surface area contributed by atoms with Crippen LogP contribution in [0.15, 0.2) is 152 Å². The van der Waals surface area contributed by atoms with E-state index in [-0.39, 0.29) is 88.9 Å². The van der Waals surface area contributed by atoms with Crippen LogP contribution in [0.1, 0.15) is 86.3 Å². The Morgan fingerprint density at radius 3 is 1.73 bits per heavy atom. The van der Waals surface area contributed by atoms with Gasteiger partial charge in [0.2, 0.25) is 88.6 Å². The lowest BCUT2D eigenvalue weighted by Gasteiger charge is -2.38. The molecule has 7 aromatic rings. The maximum absolute atomic E-state index is 15.9. The molecule has 4 heterocycles. The molecule has 38 nitrogen and oxygen atoms in total. The number of aromatic amines is 1. The molecule has 0 aliphatic carbocycles. The number of carbonyl (C=O) groups excluding carboxylic acids is 16. The summed E-state index contributed by atoms with van der Waals surface area (Å²) in [6.07, 6.45) is -2.40. The van der Waals surface area contributed by atoms with Gasteiger partial charge in [-0.05, 0) is 94.6 Å². The summed E-state index contributed by atoms with van der Waals surface area (Å²) in [5.74, 6) is -22.2. The van der Waals surface area contributed by atoms with E-state index in [1.54, 1.807) is 136 Å². The number of nitrogens with two attached hydrogens (primary N) is 1. The third kappa shape index (κ3) is 29.5. The summed E-state index contributed by atoms with van der Waals surface area (Å²) in [5.41, 5.74) is 7.90. The molecule has 3 saturated heterocycles. The van der Waals surface area contributed by atoms with Gasteiger partial charge in [-0.1, -0.05) is 137 Å². The normalized spacial score (nSPS) is 23.6. The van der Waals surface area contributed by atoms with Gasteiger partial charge in [0, 0.05) is 116 Å². The summed E-state index contributed by atoms with van der Waals surface area (Å²) < 4.78 is 67.1. The molecule has 1 aromatic heterocycles. The molecule has 3 aliphatic heterocycles. The number of fused-ring (bicyclic) bond motifs is 3. The van der Waals surface area contributed by atoms with Crippen LogP contribution in [-0.2, 0) is 129 Å². The van der Waals surface area contributed by atoms with Gasteiger partial charge in [0.1, 0.15) is 96.6 Å². The first-order valence-electron chi connectivity index (χ1n) is 45.4. The Morgan fingerprint density at radius 1 is 0.568 bits per heavy atom. The number of nitrogens with zero attached hydrogens (tertiary/aromatic N) is 5. The number of likely N-dealkylation sites (N-methyl/N-ethyl adjacent to an activating group) is 3. The van der Waals surface area contributed by atoms with Crippen molar-refractivity contribution in [2.75, 3.05) is 92.9 Å². The highest BCUT2D eigenvalue weighted by molar-refractivity contribution is 8.00. The summed E-state index contributed by atoms with van der Waals surface area (Å²) >= 11 is 0.652. The molecule has 0 bridgehead atoms. The standard InChI is InChI=1S/C97H119F3N16O22S/c1-9-10-25-76-96(133)116-49-63(119)46-78(116)91(128)109-74(50-138-54-117)89(126)111-84(55(2)3)97(134)113(5)77(43-56-19-13-11-14-20-56)90(127)108-73(41-58-26-30-62(118)31-27-58)94(131)115-35-37-137-51-80(115)92(129)107-71(45-61-47-102-68-24-18-17-23-65(61)68)88(125)106-70(40-59-28-32-64(136-8)33-29-59)87(124)105-69(34-36-135-7)86(123)110-75(85(122)103-48-81(101)120)52-139-53-82(121)104-72(42-60-38-66(98)83(100)67(99)39-60)93(130)114(6)79(95(132)112(76)4)44-57-21-15-12-16-22-57/h11-24,26-33,38-39,47,54-55,63,69-80,84,102,118-119H,9-10,25,34-37,40-46,48-53H2,1-8H3,(H2,101,120)(H,103,122)(H,104,121)(H,105,124)(H,106,125)(H,107,129)(H,108,127)(H,109,128)(H,110,123)(H,111,126)/t63-,69+,70+,71+,72+,73+,74+,75+,76+,77+,78-,79+,80-,84+/m1/s1. The molecule has 14 N–H and O–H groups in total. The number of benzene rings is 6. The van der Waals surface area contributed by atoms with E-state index in [0.717, 1.165) is 24.5 Å². The first kappa shape index (κ1) is 107. The number of rotatable bonds is 26. The Morgan fingerprint density at radius 2 is 1.11 bits per heavy atom. The topological polar surface area (TPSA) is 517 Å². The zero-order valence-corrected chi connectivity index (χ0v) is 79.0. The number of carbonyl (C=O) groups is 16. The number of phenols is 1. The average molecular weight is 1950 g/mol.